The third-order valence-electron chi connectivity index (χ3n) is 6.29. The molecule has 0 aliphatic carbocycles. The highest BCUT2D eigenvalue weighted by atomic mass is 19.4. The van der Waals surface area contributed by atoms with E-state index in [9.17, 15) is 27.9 Å². The Labute approximate surface area is 221 Å². The number of benzene rings is 2. The lowest BCUT2D eigenvalue weighted by Gasteiger charge is -2.15. The smallest absolute Gasteiger partial charge is 0.417 e. The van der Waals surface area contributed by atoms with Gasteiger partial charge in [-0.05, 0) is 62.1 Å². The van der Waals surface area contributed by atoms with E-state index in [1.54, 1.807) is 24.3 Å². The summed E-state index contributed by atoms with van der Waals surface area (Å²) in [5, 5.41) is 19.0. The van der Waals surface area contributed by atoms with E-state index in [4.69, 9.17) is 14.4 Å². The van der Waals surface area contributed by atoms with Crippen molar-refractivity contribution in [2.75, 3.05) is 6.61 Å². The molecule has 39 heavy (non-hydrogen) atoms. The molecule has 0 aliphatic rings. The molecule has 0 unspecified atom stereocenters. The second-order valence-corrected chi connectivity index (χ2v) is 9.01. The van der Waals surface area contributed by atoms with Crippen LogP contribution in [0.3, 0.4) is 0 Å². The van der Waals surface area contributed by atoms with Crippen LogP contribution < -0.4 is 16.1 Å². The molecule has 2 aromatic heterocycles. The molecule has 2 heterocycles. The van der Waals surface area contributed by atoms with Crippen LogP contribution in [0.15, 0.2) is 62.7 Å². The maximum Gasteiger partial charge on any atom is 0.417 e. The summed E-state index contributed by atoms with van der Waals surface area (Å²) in [5.41, 5.74) is -1.24. The van der Waals surface area contributed by atoms with Gasteiger partial charge in [-0.3, -0.25) is 9.13 Å². The van der Waals surface area contributed by atoms with Crippen LogP contribution >= 0.6 is 0 Å². The van der Waals surface area contributed by atoms with Gasteiger partial charge in [0.2, 0.25) is 5.88 Å². The first kappa shape index (κ1) is 27.6. The Morgan fingerprint density at radius 2 is 1.82 bits per heavy atom. The molecule has 11 heteroatoms. The van der Waals surface area contributed by atoms with Gasteiger partial charge in [0, 0.05) is 23.6 Å². The van der Waals surface area contributed by atoms with E-state index in [-0.39, 0.29) is 30.0 Å². The van der Waals surface area contributed by atoms with Crippen LogP contribution in [-0.2, 0) is 19.1 Å². The lowest BCUT2D eigenvalue weighted by Crippen LogP contribution is -2.23. The normalized spacial score (nSPS) is 11.6. The zero-order valence-corrected chi connectivity index (χ0v) is 21.1. The number of aromatic nitrogens is 2. The fourth-order valence-electron chi connectivity index (χ4n) is 4.41. The zero-order valence-electron chi connectivity index (χ0n) is 21.1. The van der Waals surface area contributed by atoms with Crippen molar-refractivity contribution in [2.24, 2.45) is 0 Å². The van der Waals surface area contributed by atoms with Crippen molar-refractivity contribution < 1.29 is 27.4 Å². The van der Waals surface area contributed by atoms with Gasteiger partial charge >= 0.3 is 17.5 Å². The summed E-state index contributed by atoms with van der Waals surface area (Å²) in [7, 11) is 0. The van der Waals surface area contributed by atoms with Gasteiger partial charge in [-0.25, -0.2) is 9.59 Å². The Balaban J connectivity index is 1.39. The number of nitrogens with zero attached hydrogens (tertiary/aromatic N) is 3. The summed E-state index contributed by atoms with van der Waals surface area (Å²) in [6, 6.07) is 11.6. The van der Waals surface area contributed by atoms with Gasteiger partial charge in [0.1, 0.15) is 11.3 Å². The lowest BCUT2D eigenvalue weighted by molar-refractivity contribution is -0.136. The number of halogens is 3. The monoisotopic (exact) mass is 541 g/mol. The van der Waals surface area contributed by atoms with Crippen LogP contribution in [0.25, 0.3) is 16.7 Å². The largest absolute Gasteiger partial charge is 0.493 e. The molecule has 4 rings (SSSR count). The summed E-state index contributed by atoms with van der Waals surface area (Å²) in [5.74, 6) is 0.181. The Bertz CT molecular complexity index is 1630. The highest BCUT2D eigenvalue weighted by molar-refractivity contribution is 5.85. The number of hydrogen-bond acceptors (Lipinski definition) is 6. The summed E-state index contributed by atoms with van der Waals surface area (Å²) in [4.78, 5) is 24.6. The van der Waals surface area contributed by atoms with E-state index >= 15 is 0 Å². The van der Waals surface area contributed by atoms with Crippen molar-refractivity contribution in [3.05, 3.63) is 86.3 Å². The second-order valence-electron chi connectivity index (χ2n) is 9.01. The number of unbranched alkanes of at least 4 members (excludes halogenated alkanes) is 2. The average molecular weight is 542 g/mol. The quantitative estimate of drug-likeness (QED) is 0.208. The average Bonchev–Trinajstić information content (AvgIpc) is 3.19. The fraction of sp³-hybridized carbons (Fsp3) is 0.321. The van der Waals surface area contributed by atoms with Gasteiger partial charge in [-0.1, -0.05) is 13.3 Å². The molecule has 8 nitrogen and oxygen atoms in total. The Morgan fingerprint density at radius 3 is 2.49 bits per heavy atom. The summed E-state index contributed by atoms with van der Waals surface area (Å²) < 4.78 is 54.0. The summed E-state index contributed by atoms with van der Waals surface area (Å²) >= 11 is 0. The van der Waals surface area contributed by atoms with E-state index < -0.39 is 23.1 Å². The number of imidazole rings is 1. The van der Waals surface area contributed by atoms with Crippen LogP contribution in [0.4, 0.5) is 13.2 Å². The second kappa shape index (κ2) is 11.5. The summed E-state index contributed by atoms with van der Waals surface area (Å²) in [6.45, 7) is 2.40. The van der Waals surface area contributed by atoms with Crippen LogP contribution in [0.5, 0.6) is 11.6 Å². The van der Waals surface area contributed by atoms with Crippen LogP contribution in [0.1, 0.15) is 49.3 Å². The van der Waals surface area contributed by atoms with Gasteiger partial charge < -0.3 is 14.3 Å². The molecule has 1 N–H and O–H groups in total. The molecule has 0 aliphatic heterocycles. The van der Waals surface area contributed by atoms with Gasteiger partial charge in [-0.2, -0.15) is 18.4 Å². The number of nitriles is 1. The third-order valence-corrected chi connectivity index (χ3v) is 6.29. The number of aryl methyl sites for hydroxylation is 1. The van der Waals surface area contributed by atoms with Crippen LogP contribution in [0, 0.1) is 11.3 Å². The molecular formula is C28H26F3N3O5. The molecule has 204 valence electrons. The highest BCUT2D eigenvalue weighted by Gasteiger charge is 2.34. The molecule has 2 aromatic carbocycles. The fourth-order valence-corrected chi connectivity index (χ4v) is 4.41. The minimum absolute atomic E-state index is 0.115. The Morgan fingerprint density at radius 1 is 1.08 bits per heavy atom. The van der Waals surface area contributed by atoms with Gasteiger partial charge in [0.15, 0.2) is 0 Å². The SMILES string of the molecule is CCCc1c(OCCCCCn2c(O)cn(-c3ccc(C#N)cc3)c2=O)ccc2c(C(F)(F)F)cc(=O)oc12. The third kappa shape index (κ3) is 6.00. The van der Waals surface area contributed by atoms with E-state index in [2.05, 4.69) is 0 Å². The molecule has 0 atom stereocenters. The number of aromatic hydroxyl groups is 1. The predicted molar refractivity (Wildman–Crippen MR) is 137 cm³/mol. The molecule has 0 amide bonds. The van der Waals surface area contributed by atoms with Crippen molar-refractivity contribution in [1.29, 1.82) is 5.26 Å². The lowest BCUT2D eigenvalue weighted by atomic mass is 10.0. The maximum atomic E-state index is 13.5. The van der Waals surface area contributed by atoms with E-state index in [1.165, 1.54) is 27.5 Å². The Hall–Kier alpha value is -4.46. The molecule has 4 aromatic rings. The molecule has 0 saturated heterocycles. The van der Waals surface area contributed by atoms with Crippen molar-refractivity contribution in [1.82, 2.24) is 9.13 Å². The standard InChI is InChI=1S/C28H26F3N3O5/c1-2-6-21-23(12-11-20-22(28(29,30)31)15-25(36)39-26(20)21)38-14-5-3-4-13-33-24(35)17-34(27(33)37)19-9-7-18(16-32)8-10-19/h7-12,15,17,35H,2-6,13-14H2,1H3. The van der Waals surface area contributed by atoms with Crippen molar-refractivity contribution in [2.45, 2.75) is 51.7 Å². The number of hydrogen-bond donors (Lipinski definition) is 1. The van der Waals surface area contributed by atoms with Crippen LogP contribution in [0.2, 0.25) is 0 Å². The first-order chi connectivity index (χ1) is 18.6. The summed E-state index contributed by atoms with van der Waals surface area (Å²) in [6.07, 6.45) is -0.591. The first-order valence-corrected chi connectivity index (χ1v) is 12.5. The molecule has 0 spiro atoms. The molecule has 0 saturated carbocycles. The van der Waals surface area contributed by atoms with E-state index in [0.717, 1.165) is 0 Å². The predicted octanol–water partition coefficient (Wildman–Crippen LogP) is 5.54. The number of alkyl halides is 3. The number of rotatable bonds is 10. The topological polar surface area (TPSA) is 110 Å². The molecular weight excluding hydrogens is 515 g/mol. The molecule has 0 bridgehead atoms. The van der Waals surface area contributed by atoms with Crippen molar-refractivity contribution in [3.63, 3.8) is 0 Å². The minimum atomic E-state index is -4.69. The number of fused-ring (bicyclic) bond motifs is 1. The zero-order chi connectivity index (χ0) is 28.2. The van der Waals surface area contributed by atoms with E-state index in [0.29, 0.717) is 60.7 Å². The highest BCUT2D eigenvalue weighted by Crippen LogP contribution is 2.37. The molecule has 0 radical (unpaired) electrons. The first-order valence-electron chi connectivity index (χ1n) is 12.5. The van der Waals surface area contributed by atoms with Gasteiger partial charge in [-0.15, -0.1) is 0 Å². The molecule has 0 fully saturated rings. The van der Waals surface area contributed by atoms with Crippen LogP contribution in [-0.4, -0.2) is 20.8 Å². The minimum Gasteiger partial charge on any atom is -0.493 e. The van der Waals surface area contributed by atoms with Gasteiger partial charge in [0.25, 0.3) is 0 Å². The Kier molecular flexibility index (Phi) is 8.14. The van der Waals surface area contributed by atoms with Crippen molar-refractivity contribution in [3.8, 4) is 23.4 Å². The number of ether oxygens (including phenoxy) is 1. The van der Waals surface area contributed by atoms with Crippen molar-refractivity contribution >= 4 is 11.0 Å². The van der Waals surface area contributed by atoms with Gasteiger partial charge in [0.05, 0.1) is 35.7 Å². The maximum absolute atomic E-state index is 13.5. The van der Waals surface area contributed by atoms with E-state index in [1.807, 2.05) is 13.0 Å².